The molecule has 0 aliphatic heterocycles. The predicted octanol–water partition coefficient (Wildman–Crippen LogP) is 2.73. The minimum Gasteiger partial charge on any atom is -0.461 e. The number of carbonyl (C=O) groups is 1. The van der Waals surface area contributed by atoms with Crippen molar-refractivity contribution in [3.63, 3.8) is 0 Å². The second-order valence-corrected chi connectivity index (χ2v) is 3.39. The molecule has 0 saturated heterocycles. The highest BCUT2D eigenvalue weighted by atomic mass is 35.5. The summed E-state index contributed by atoms with van der Waals surface area (Å²) in [6, 6.07) is 1.63. The summed E-state index contributed by atoms with van der Waals surface area (Å²) < 4.78 is 6.73. The lowest BCUT2D eigenvalue weighted by molar-refractivity contribution is 0.0513. The first kappa shape index (κ1) is 11.1. The maximum atomic E-state index is 11.5. The normalized spacial score (nSPS) is 10.2. The lowest BCUT2D eigenvalue weighted by Gasteiger charge is -2.06. The monoisotopic (exact) mass is 215 g/mol. The van der Waals surface area contributed by atoms with Crippen molar-refractivity contribution in [1.82, 2.24) is 4.57 Å². The van der Waals surface area contributed by atoms with Gasteiger partial charge in [-0.15, -0.1) is 0 Å². The summed E-state index contributed by atoms with van der Waals surface area (Å²) in [5.74, 6) is -0.312. The number of aromatic nitrogens is 1. The molecule has 1 rings (SSSR count). The van der Waals surface area contributed by atoms with Gasteiger partial charge in [0.15, 0.2) is 0 Å². The average Bonchev–Trinajstić information content (AvgIpc) is 2.48. The third-order valence-electron chi connectivity index (χ3n) is 1.81. The molecule has 1 aromatic rings. The Bertz CT molecular complexity index is 320. The van der Waals surface area contributed by atoms with Crippen LogP contribution in [0.2, 0.25) is 5.02 Å². The molecular weight excluding hydrogens is 202 g/mol. The molecule has 0 unspecified atom stereocenters. The highest BCUT2D eigenvalue weighted by Gasteiger charge is 2.13. The molecule has 1 aromatic heterocycles. The van der Waals surface area contributed by atoms with Crippen LogP contribution in [-0.4, -0.2) is 17.1 Å². The zero-order valence-electron chi connectivity index (χ0n) is 8.42. The molecule has 0 radical (unpaired) electrons. The Balaban J connectivity index is 2.88. The Hall–Kier alpha value is -0.960. The quantitative estimate of drug-likeness (QED) is 0.724. The fourth-order valence-corrected chi connectivity index (χ4v) is 1.50. The van der Waals surface area contributed by atoms with E-state index in [0.29, 0.717) is 17.3 Å². The molecule has 4 heteroatoms. The van der Waals surface area contributed by atoms with E-state index in [-0.39, 0.29) is 5.97 Å². The first-order valence-electron chi connectivity index (χ1n) is 4.71. The number of ether oxygens (including phenoxy) is 1. The van der Waals surface area contributed by atoms with Gasteiger partial charge in [-0.2, -0.15) is 0 Å². The molecule has 1 heterocycles. The van der Waals surface area contributed by atoms with Gasteiger partial charge in [-0.25, -0.2) is 4.79 Å². The number of halogens is 1. The van der Waals surface area contributed by atoms with E-state index >= 15 is 0 Å². The smallest absolute Gasteiger partial charge is 0.354 e. The molecule has 0 spiro atoms. The van der Waals surface area contributed by atoms with Crippen molar-refractivity contribution < 1.29 is 9.53 Å². The van der Waals surface area contributed by atoms with Crippen LogP contribution in [0.3, 0.4) is 0 Å². The van der Waals surface area contributed by atoms with E-state index in [0.717, 1.165) is 13.0 Å². The Morgan fingerprint density at radius 3 is 2.86 bits per heavy atom. The predicted molar refractivity (Wildman–Crippen MR) is 55.7 cm³/mol. The van der Waals surface area contributed by atoms with E-state index < -0.39 is 0 Å². The van der Waals surface area contributed by atoms with Crippen molar-refractivity contribution in [3.8, 4) is 0 Å². The van der Waals surface area contributed by atoms with Gasteiger partial charge in [-0.3, -0.25) is 0 Å². The molecule has 0 bridgehead atoms. The van der Waals surface area contributed by atoms with Crippen molar-refractivity contribution in [3.05, 3.63) is 23.0 Å². The van der Waals surface area contributed by atoms with E-state index in [9.17, 15) is 4.79 Å². The lowest BCUT2D eigenvalue weighted by atomic mass is 10.4. The van der Waals surface area contributed by atoms with Crippen LogP contribution in [-0.2, 0) is 11.3 Å². The van der Waals surface area contributed by atoms with Gasteiger partial charge < -0.3 is 9.30 Å². The molecule has 0 aliphatic carbocycles. The zero-order chi connectivity index (χ0) is 10.6. The average molecular weight is 216 g/mol. The summed E-state index contributed by atoms with van der Waals surface area (Å²) in [4.78, 5) is 11.5. The molecule has 3 nitrogen and oxygen atoms in total. The number of hydrogen-bond donors (Lipinski definition) is 0. The second-order valence-electron chi connectivity index (χ2n) is 2.96. The van der Waals surface area contributed by atoms with Gasteiger partial charge in [-0.05, 0) is 19.4 Å². The van der Waals surface area contributed by atoms with E-state index in [1.54, 1.807) is 19.2 Å². The third-order valence-corrected chi connectivity index (χ3v) is 2.02. The summed E-state index contributed by atoms with van der Waals surface area (Å²) in [6.45, 7) is 4.99. The van der Waals surface area contributed by atoms with Crippen molar-refractivity contribution >= 4 is 17.6 Å². The first-order chi connectivity index (χ1) is 6.69. The van der Waals surface area contributed by atoms with Gasteiger partial charge >= 0.3 is 5.97 Å². The fraction of sp³-hybridized carbons (Fsp3) is 0.500. The molecule has 0 aromatic carbocycles. The minimum absolute atomic E-state index is 0.312. The topological polar surface area (TPSA) is 31.2 Å². The van der Waals surface area contributed by atoms with Crippen molar-refractivity contribution in [2.24, 2.45) is 0 Å². The second kappa shape index (κ2) is 5.05. The number of rotatable bonds is 4. The SMILES string of the molecule is CCCn1cc(Cl)cc1C(=O)OCC. The van der Waals surface area contributed by atoms with E-state index in [2.05, 4.69) is 0 Å². The molecule has 78 valence electrons. The standard InChI is InChI=1S/C10H14ClNO2/c1-3-5-12-7-8(11)6-9(12)10(13)14-4-2/h6-7H,3-5H2,1-2H3. The number of nitrogens with zero attached hydrogens (tertiary/aromatic N) is 1. The molecule has 0 aliphatic rings. The Morgan fingerprint density at radius 1 is 1.57 bits per heavy atom. The van der Waals surface area contributed by atoms with Crippen LogP contribution in [0.4, 0.5) is 0 Å². The van der Waals surface area contributed by atoms with E-state index in [4.69, 9.17) is 16.3 Å². The van der Waals surface area contributed by atoms with Crippen LogP contribution >= 0.6 is 11.6 Å². The Labute approximate surface area is 88.6 Å². The summed E-state index contributed by atoms with van der Waals surface area (Å²) >= 11 is 5.82. The van der Waals surface area contributed by atoms with Crippen molar-refractivity contribution in [1.29, 1.82) is 0 Å². The third kappa shape index (κ3) is 2.51. The summed E-state index contributed by atoms with van der Waals surface area (Å²) in [5, 5.41) is 0.571. The molecule has 14 heavy (non-hydrogen) atoms. The highest BCUT2D eigenvalue weighted by molar-refractivity contribution is 6.30. The van der Waals surface area contributed by atoms with Crippen LogP contribution in [0, 0.1) is 0 Å². The molecule has 0 N–H and O–H groups in total. The number of hydrogen-bond acceptors (Lipinski definition) is 2. The summed E-state index contributed by atoms with van der Waals surface area (Å²) in [7, 11) is 0. The largest absolute Gasteiger partial charge is 0.461 e. The van der Waals surface area contributed by atoms with Gasteiger partial charge in [0, 0.05) is 12.7 Å². The van der Waals surface area contributed by atoms with Crippen LogP contribution in [0.5, 0.6) is 0 Å². The van der Waals surface area contributed by atoms with Crippen molar-refractivity contribution in [2.45, 2.75) is 26.8 Å². The molecule has 0 fully saturated rings. The van der Waals surface area contributed by atoms with Crippen molar-refractivity contribution in [2.75, 3.05) is 6.61 Å². The van der Waals surface area contributed by atoms with Gasteiger partial charge in [-0.1, -0.05) is 18.5 Å². The number of aryl methyl sites for hydroxylation is 1. The molecule has 0 amide bonds. The summed E-state index contributed by atoms with van der Waals surface area (Å²) in [5.41, 5.74) is 0.527. The maximum absolute atomic E-state index is 11.5. The zero-order valence-corrected chi connectivity index (χ0v) is 9.17. The lowest BCUT2D eigenvalue weighted by Crippen LogP contribution is -2.11. The maximum Gasteiger partial charge on any atom is 0.354 e. The van der Waals surface area contributed by atoms with E-state index in [1.807, 2.05) is 11.5 Å². The van der Waals surface area contributed by atoms with E-state index in [1.165, 1.54) is 0 Å². The van der Waals surface area contributed by atoms with Crippen LogP contribution in [0.15, 0.2) is 12.3 Å². The minimum atomic E-state index is -0.312. The van der Waals surface area contributed by atoms with Crippen LogP contribution < -0.4 is 0 Å². The Kier molecular flexibility index (Phi) is 4.01. The van der Waals surface area contributed by atoms with Gasteiger partial charge in [0.2, 0.25) is 0 Å². The van der Waals surface area contributed by atoms with Crippen LogP contribution in [0.25, 0.3) is 0 Å². The summed E-state index contributed by atoms with van der Waals surface area (Å²) in [6.07, 6.45) is 2.70. The highest BCUT2D eigenvalue weighted by Crippen LogP contribution is 2.15. The van der Waals surface area contributed by atoms with Gasteiger partial charge in [0.05, 0.1) is 11.6 Å². The molecule has 0 atom stereocenters. The number of carbonyl (C=O) groups excluding carboxylic acids is 1. The fourth-order valence-electron chi connectivity index (χ4n) is 1.28. The number of esters is 1. The van der Waals surface area contributed by atoms with Gasteiger partial charge in [0.25, 0.3) is 0 Å². The molecular formula is C10H14ClNO2. The van der Waals surface area contributed by atoms with Gasteiger partial charge in [0.1, 0.15) is 5.69 Å². The first-order valence-corrected chi connectivity index (χ1v) is 5.09. The Morgan fingerprint density at radius 2 is 2.29 bits per heavy atom. The van der Waals surface area contributed by atoms with Crippen LogP contribution in [0.1, 0.15) is 30.8 Å². The molecule has 0 saturated carbocycles.